The maximum atomic E-state index is 11.8. The van der Waals surface area contributed by atoms with Gasteiger partial charge in [-0.15, -0.1) is 0 Å². The molecule has 0 spiro atoms. The number of carbonyl (C=O) groups is 1. The summed E-state index contributed by atoms with van der Waals surface area (Å²) in [5.74, 6) is 0.125. The number of Topliss-reactive ketones (excluding diaryl/α,β-unsaturated/α-hetero) is 1. The summed E-state index contributed by atoms with van der Waals surface area (Å²) in [4.78, 5) is 18.9. The molecular weight excluding hydrogens is 190 g/mol. The van der Waals surface area contributed by atoms with Crippen molar-refractivity contribution in [2.24, 2.45) is 5.73 Å². The first kappa shape index (κ1) is 9.86. The average molecular weight is 203 g/mol. The first-order valence-electron chi connectivity index (χ1n) is 4.98. The van der Waals surface area contributed by atoms with Crippen LogP contribution in [0.25, 0.3) is 11.0 Å². The van der Waals surface area contributed by atoms with Crippen LogP contribution in [0, 0.1) is 0 Å². The smallest absolute Gasteiger partial charge is 0.165 e. The Morgan fingerprint density at radius 1 is 1.53 bits per heavy atom. The first-order valence-corrected chi connectivity index (χ1v) is 4.98. The largest absolute Gasteiger partial charge is 0.345 e. The summed E-state index contributed by atoms with van der Waals surface area (Å²) in [6.07, 6.45) is 4.65. The summed E-state index contributed by atoms with van der Waals surface area (Å²) in [5, 5.41) is 0.888. The number of rotatable bonds is 4. The number of fused-ring (bicyclic) bond motifs is 1. The van der Waals surface area contributed by atoms with Crippen molar-refractivity contribution in [1.82, 2.24) is 9.97 Å². The van der Waals surface area contributed by atoms with Crippen molar-refractivity contribution in [3.05, 3.63) is 30.1 Å². The van der Waals surface area contributed by atoms with E-state index in [4.69, 9.17) is 5.73 Å². The van der Waals surface area contributed by atoms with E-state index >= 15 is 0 Å². The van der Waals surface area contributed by atoms with Gasteiger partial charge in [0.25, 0.3) is 0 Å². The van der Waals surface area contributed by atoms with Crippen LogP contribution in [0.4, 0.5) is 0 Å². The molecule has 0 aliphatic heterocycles. The fourth-order valence-corrected chi connectivity index (χ4v) is 1.58. The number of nitrogens with one attached hydrogen (secondary N) is 1. The fraction of sp³-hybridized carbons (Fsp3) is 0.273. The summed E-state index contributed by atoms with van der Waals surface area (Å²) in [6, 6.07) is 3.73. The van der Waals surface area contributed by atoms with Crippen molar-refractivity contribution in [1.29, 1.82) is 0 Å². The molecule has 0 saturated carbocycles. The van der Waals surface area contributed by atoms with Crippen LogP contribution in [0.5, 0.6) is 0 Å². The number of H-pyrrole nitrogens is 1. The summed E-state index contributed by atoms with van der Waals surface area (Å²) < 4.78 is 0. The van der Waals surface area contributed by atoms with Crippen LogP contribution in [-0.2, 0) is 0 Å². The van der Waals surface area contributed by atoms with Crippen molar-refractivity contribution in [2.75, 3.05) is 6.54 Å². The highest BCUT2D eigenvalue weighted by molar-refractivity contribution is 6.06. The van der Waals surface area contributed by atoms with Gasteiger partial charge in [-0.3, -0.25) is 4.79 Å². The summed E-state index contributed by atoms with van der Waals surface area (Å²) in [5.41, 5.74) is 6.84. The zero-order valence-corrected chi connectivity index (χ0v) is 8.36. The van der Waals surface area contributed by atoms with Crippen molar-refractivity contribution < 1.29 is 4.79 Å². The van der Waals surface area contributed by atoms with Gasteiger partial charge in [0.05, 0.1) is 0 Å². The first-order chi connectivity index (χ1) is 7.33. The predicted octanol–water partition coefficient (Wildman–Crippen LogP) is 1.48. The SMILES string of the molecule is NCCCC(=O)c1c[nH]c2ncccc12. The molecule has 2 heterocycles. The molecular formula is C11H13N3O. The van der Waals surface area contributed by atoms with Gasteiger partial charge in [-0.25, -0.2) is 4.98 Å². The van der Waals surface area contributed by atoms with Crippen molar-refractivity contribution in [3.63, 3.8) is 0 Å². The number of hydrogen-bond acceptors (Lipinski definition) is 3. The number of nitrogens with zero attached hydrogens (tertiary/aromatic N) is 1. The van der Waals surface area contributed by atoms with Crippen molar-refractivity contribution in [3.8, 4) is 0 Å². The molecule has 2 aromatic rings. The van der Waals surface area contributed by atoms with E-state index in [9.17, 15) is 4.79 Å². The topological polar surface area (TPSA) is 71.8 Å². The highest BCUT2D eigenvalue weighted by Crippen LogP contribution is 2.17. The highest BCUT2D eigenvalue weighted by Gasteiger charge is 2.11. The monoisotopic (exact) mass is 203 g/mol. The van der Waals surface area contributed by atoms with Gasteiger partial charge in [-0.05, 0) is 25.1 Å². The normalized spacial score (nSPS) is 10.7. The van der Waals surface area contributed by atoms with Crippen LogP contribution < -0.4 is 5.73 Å². The van der Waals surface area contributed by atoms with Crippen LogP contribution in [0.2, 0.25) is 0 Å². The molecule has 0 radical (unpaired) electrons. The second-order valence-corrected chi connectivity index (χ2v) is 3.42. The molecule has 0 unspecified atom stereocenters. The van der Waals surface area contributed by atoms with E-state index in [1.54, 1.807) is 12.4 Å². The van der Waals surface area contributed by atoms with E-state index in [0.717, 1.165) is 17.5 Å². The third-order valence-electron chi connectivity index (χ3n) is 2.36. The van der Waals surface area contributed by atoms with Crippen LogP contribution in [-0.4, -0.2) is 22.3 Å². The summed E-state index contributed by atoms with van der Waals surface area (Å²) >= 11 is 0. The Hall–Kier alpha value is -1.68. The van der Waals surface area contributed by atoms with E-state index < -0.39 is 0 Å². The molecule has 0 aliphatic carbocycles. The Balaban J connectivity index is 2.31. The average Bonchev–Trinajstić information content (AvgIpc) is 2.69. The Labute approximate surface area is 87.5 Å². The van der Waals surface area contributed by atoms with E-state index in [2.05, 4.69) is 9.97 Å². The zero-order valence-electron chi connectivity index (χ0n) is 8.36. The van der Waals surface area contributed by atoms with Gasteiger partial charge >= 0.3 is 0 Å². The lowest BCUT2D eigenvalue weighted by atomic mass is 10.1. The third kappa shape index (κ3) is 1.89. The number of pyridine rings is 1. The molecule has 4 heteroatoms. The molecule has 15 heavy (non-hydrogen) atoms. The number of aromatic nitrogens is 2. The fourth-order valence-electron chi connectivity index (χ4n) is 1.58. The molecule has 2 aromatic heterocycles. The van der Waals surface area contributed by atoms with Gasteiger partial charge in [-0.1, -0.05) is 0 Å². The number of nitrogens with two attached hydrogens (primary N) is 1. The lowest BCUT2D eigenvalue weighted by Gasteiger charge is -1.97. The van der Waals surface area contributed by atoms with Gasteiger partial charge in [0.1, 0.15) is 5.65 Å². The number of aromatic amines is 1. The van der Waals surface area contributed by atoms with Crippen molar-refractivity contribution in [2.45, 2.75) is 12.8 Å². The van der Waals surface area contributed by atoms with Gasteiger partial charge in [0, 0.05) is 29.8 Å². The highest BCUT2D eigenvalue weighted by atomic mass is 16.1. The molecule has 0 fully saturated rings. The van der Waals surface area contributed by atoms with Crippen LogP contribution >= 0.6 is 0 Å². The minimum Gasteiger partial charge on any atom is -0.345 e. The van der Waals surface area contributed by atoms with Crippen molar-refractivity contribution >= 4 is 16.8 Å². The molecule has 78 valence electrons. The van der Waals surface area contributed by atoms with E-state index in [1.807, 2.05) is 12.1 Å². The summed E-state index contributed by atoms with van der Waals surface area (Å²) in [7, 11) is 0. The van der Waals surface area contributed by atoms with Crippen LogP contribution in [0.3, 0.4) is 0 Å². The Morgan fingerprint density at radius 2 is 2.40 bits per heavy atom. The van der Waals surface area contributed by atoms with E-state index in [0.29, 0.717) is 18.5 Å². The standard InChI is InChI=1S/C11H13N3O/c12-5-1-4-10(15)9-7-14-11-8(9)3-2-6-13-11/h2-3,6-7H,1,4-5,12H2,(H,13,14). The Morgan fingerprint density at radius 3 is 3.20 bits per heavy atom. The lowest BCUT2D eigenvalue weighted by Crippen LogP contribution is -2.04. The van der Waals surface area contributed by atoms with Crippen LogP contribution in [0.1, 0.15) is 23.2 Å². The molecule has 4 nitrogen and oxygen atoms in total. The lowest BCUT2D eigenvalue weighted by molar-refractivity contribution is 0.0982. The molecule has 0 atom stereocenters. The molecule has 0 bridgehead atoms. The zero-order chi connectivity index (χ0) is 10.7. The van der Waals surface area contributed by atoms with Gasteiger partial charge in [-0.2, -0.15) is 0 Å². The number of carbonyl (C=O) groups excluding carboxylic acids is 1. The Bertz CT molecular complexity index is 475. The molecule has 0 saturated heterocycles. The second-order valence-electron chi connectivity index (χ2n) is 3.42. The van der Waals surface area contributed by atoms with E-state index in [-0.39, 0.29) is 5.78 Å². The third-order valence-corrected chi connectivity index (χ3v) is 2.36. The quantitative estimate of drug-likeness (QED) is 0.739. The maximum Gasteiger partial charge on any atom is 0.165 e. The molecule has 3 N–H and O–H groups in total. The van der Waals surface area contributed by atoms with E-state index in [1.165, 1.54) is 0 Å². The predicted molar refractivity (Wildman–Crippen MR) is 58.7 cm³/mol. The summed E-state index contributed by atoms with van der Waals surface area (Å²) in [6.45, 7) is 0.548. The Kier molecular flexibility index (Phi) is 2.78. The number of hydrogen-bond donors (Lipinski definition) is 2. The van der Waals surface area contributed by atoms with Gasteiger partial charge in [0.15, 0.2) is 5.78 Å². The molecule has 0 aliphatic rings. The molecule has 2 rings (SSSR count). The van der Waals surface area contributed by atoms with Gasteiger partial charge < -0.3 is 10.7 Å². The second kappa shape index (κ2) is 4.23. The van der Waals surface area contributed by atoms with Gasteiger partial charge in [0.2, 0.25) is 0 Å². The molecule has 0 amide bonds. The number of ketones is 1. The minimum absolute atomic E-state index is 0.125. The maximum absolute atomic E-state index is 11.8. The minimum atomic E-state index is 0.125. The molecule has 0 aromatic carbocycles. The van der Waals surface area contributed by atoms with Crippen LogP contribution in [0.15, 0.2) is 24.5 Å².